The summed E-state index contributed by atoms with van der Waals surface area (Å²) in [5, 5.41) is 12.9. The van der Waals surface area contributed by atoms with E-state index in [-0.39, 0.29) is 0 Å². The summed E-state index contributed by atoms with van der Waals surface area (Å²) < 4.78 is 0. The van der Waals surface area contributed by atoms with E-state index in [2.05, 4.69) is 53.5 Å². The van der Waals surface area contributed by atoms with E-state index in [1.54, 1.807) is 17.7 Å². The predicted molar refractivity (Wildman–Crippen MR) is 121 cm³/mol. The Morgan fingerprint density at radius 1 is 1.10 bits per heavy atom. The van der Waals surface area contributed by atoms with Crippen molar-refractivity contribution < 1.29 is 9.90 Å². The molecule has 2 N–H and O–H groups in total. The second kappa shape index (κ2) is 9.59. The van der Waals surface area contributed by atoms with Gasteiger partial charge in [0, 0.05) is 18.6 Å². The Kier molecular flexibility index (Phi) is 6.66. The third-order valence-electron chi connectivity index (χ3n) is 6.47. The molecule has 4 heteroatoms. The van der Waals surface area contributed by atoms with E-state index in [1.165, 1.54) is 30.4 Å². The van der Waals surface area contributed by atoms with Crippen LogP contribution in [-0.4, -0.2) is 41.1 Å². The van der Waals surface area contributed by atoms with E-state index in [0.717, 1.165) is 26.1 Å². The maximum Gasteiger partial charge on any atom is 0.335 e. The highest BCUT2D eigenvalue weighted by atomic mass is 16.4. The van der Waals surface area contributed by atoms with Crippen LogP contribution in [0.4, 0.5) is 0 Å². The van der Waals surface area contributed by atoms with Crippen LogP contribution in [0.25, 0.3) is 6.08 Å². The fourth-order valence-corrected chi connectivity index (χ4v) is 4.60. The Morgan fingerprint density at radius 2 is 1.80 bits per heavy atom. The first-order chi connectivity index (χ1) is 14.6. The fraction of sp³-hybridized carbons (Fsp3) is 0.423. The van der Waals surface area contributed by atoms with E-state index in [1.807, 2.05) is 12.1 Å². The van der Waals surface area contributed by atoms with Crippen LogP contribution in [0.1, 0.15) is 54.1 Å². The van der Waals surface area contributed by atoms with Gasteiger partial charge in [0.2, 0.25) is 0 Å². The summed E-state index contributed by atoms with van der Waals surface area (Å²) >= 11 is 0. The van der Waals surface area contributed by atoms with Crippen molar-refractivity contribution in [1.82, 2.24) is 10.2 Å². The largest absolute Gasteiger partial charge is 0.478 e. The molecular formula is C26H32N2O2. The molecule has 2 aromatic rings. The van der Waals surface area contributed by atoms with Crippen LogP contribution < -0.4 is 5.32 Å². The van der Waals surface area contributed by atoms with Gasteiger partial charge < -0.3 is 10.4 Å². The van der Waals surface area contributed by atoms with Crippen molar-refractivity contribution in [2.75, 3.05) is 13.1 Å². The van der Waals surface area contributed by atoms with Crippen molar-refractivity contribution in [2.45, 2.75) is 51.2 Å². The zero-order valence-corrected chi connectivity index (χ0v) is 17.8. The summed E-state index contributed by atoms with van der Waals surface area (Å²) in [5.41, 5.74) is 4.42. The van der Waals surface area contributed by atoms with Crippen molar-refractivity contribution in [1.29, 1.82) is 0 Å². The number of carboxylic acids is 1. The Labute approximate surface area is 179 Å². The fourth-order valence-electron chi connectivity index (χ4n) is 4.60. The van der Waals surface area contributed by atoms with Crippen LogP contribution in [0.2, 0.25) is 0 Å². The van der Waals surface area contributed by atoms with Gasteiger partial charge >= 0.3 is 5.97 Å². The lowest BCUT2D eigenvalue weighted by molar-refractivity contribution is 0.0697. The van der Waals surface area contributed by atoms with Crippen LogP contribution >= 0.6 is 0 Å². The summed E-state index contributed by atoms with van der Waals surface area (Å²) in [6, 6.07) is 19.2. The normalized spacial score (nSPS) is 22.8. The molecule has 2 atom stereocenters. The zero-order chi connectivity index (χ0) is 20.9. The Bertz CT molecular complexity index is 868. The molecule has 0 aromatic heterocycles. The van der Waals surface area contributed by atoms with Gasteiger partial charge in [0.25, 0.3) is 0 Å². The van der Waals surface area contributed by atoms with Crippen molar-refractivity contribution in [3.8, 4) is 0 Å². The first-order valence-electron chi connectivity index (χ1n) is 11.2. The van der Waals surface area contributed by atoms with E-state index < -0.39 is 5.97 Å². The monoisotopic (exact) mass is 404 g/mol. The molecule has 1 aliphatic carbocycles. The molecule has 1 saturated carbocycles. The molecule has 30 heavy (non-hydrogen) atoms. The maximum atomic E-state index is 11.0. The number of benzene rings is 2. The first-order valence-corrected chi connectivity index (χ1v) is 11.2. The SMILES string of the molecule is CC/C(=C\c1ccccc1)[C@@H]1CC1NC1CCN(Cc2ccc(C(=O)O)cc2)CC1. The summed E-state index contributed by atoms with van der Waals surface area (Å²) in [4.78, 5) is 13.5. The average Bonchev–Trinajstić information content (AvgIpc) is 3.53. The lowest BCUT2D eigenvalue weighted by Gasteiger charge is -2.32. The standard InChI is InChI=1S/C26H32N2O2/c1-2-21(16-19-6-4-3-5-7-19)24-17-25(24)27-23-12-14-28(15-13-23)18-20-8-10-22(11-9-20)26(29)30/h3-11,16,23-25,27H,2,12-15,17-18H2,1H3,(H,29,30)/b21-16+/t24-,25?/m0/s1. The van der Waals surface area contributed by atoms with E-state index in [4.69, 9.17) is 5.11 Å². The molecule has 2 aromatic carbocycles. The van der Waals surface area contributed by atoms with Crippen LogP contribution in [0.3, 0.4) is 0 Å². The third kappa shape index (κ3) is 5.38. The molecule has 1 saturated heterocycles. The van der Waals surface area contributed by atoms with Gasteiger partial charge in [-0.2, -0.15) is 0 Å². The Balaban J connectivity index is 1.23. The van der Waals surface area contributed by atoms with Crippen LogP contribution in [-0.2, 0) is 6.54 Å². The lowest BCUT2D eigenvalue weighted by atomic mass is 10.0. The highest BCUT2D eigenvalue weighted by molar-refractivity contribution is 5.87. The number of rotatable bonds is 8. The molecule has 0 spiro atoms. The quantitative estimate of drug-likeness (QED) is 0.662. The molecule has 2 fully saturated rings. The molecule has 158 valence electrons. The molecule has 2 aliphatic rings. The van der Waals surface area contributed by atoms with Crippen LogP contribution in [0.15, 0.2) is 60.2 Å². The van der Waals surface area contributed by atoms with Gasteiger partial charge in [0.15, 0.2) is 0 Å². The zero-order valence-electron chi connectivity index (χ0n) is 17.8. The molecule has 4 nitrogen and oxygen atoms in total. The van der Waals surface area contributed by atoms with Gasteiger partial charge in [-0.1, -0.05) is 61.0 Å². The van der Waals surface area contributed by atoms with Gasteiger partial charge in [-0.15, -0.1) is 0 Å². The number of piperidine rings is 1. The average molecular weight is 405 g/mol. The second-order valence-electron chi connectivity index (χ2n) is 8.65. The minimum Gasteiger partial charge on any atom is -0.478 e. The molecule has 4 rings (SSSR count). The van der Waals surface area contributed by atoms with Crippen molar-refractivity contribution in [3.63, 3.8) is 0 Å². The first kappa shape index (κ1) is 20.8. The topological polar surface area (TPSA) is 52.6 Å². The highest BCUT2D eigenvalue weighted by Crippen LogP contribution is 2.40. The van der Waals surface area contributed by atoms with Crippen molar-refractivity contribution in [3.05, 3.63) is 76.9 Å². The summed E-state index contributed by atoms with van der Waals surface area (Å²) in [5.74, 6) is -0.169. The number of carboxylic acid groups (broad SMARTS) is 1. The predicted octanol–water partition coefficient (Wildman–Crippen LogP) is 4.82. The molecule has 1 heterocycles. The molecular weight excluding hydrogens is 372 g/mol. The number of nitrogens with one attached hydrogen (secondary N) is 1. The second-order valence-corrected chi connectivity index (χ2v) is 8.65. The van der Waals surface area contributed by atoms with Crippen LogP contribution in [0.5, 0.6) is 0 Å². The van der Waals surface area contributed by atoms with Gasteiger partial charge in [-0.05, 0) is 68.0 Å². The molecule has 0 bridgehead atoms. The van der Waals surface area contributed by atoms with Crippen LogP contribution in [0, 0.1) is 5.92 Å². The van der Waals surface area contributed by atoms with E-state index in [9.17, 15) is 4.79 Å². The smallest absolute Gasteiger partial charge is 0.335 e. The lowest BCUT2D eigenvalue weighted by Crippen LogP contribution is -2.43. The minimum absolute atomic E-state index is 0.355. The summed E-state index contributed by atoms with van der Waals surface area (Å²) in [6.07, 6.45) is 7.13. The summed E-state index contributed by atoms with van der Waals surface area (Å²) in [7, 11) is 0. The molecule has 0 amide bonds. The number of nitrogens with zero attached hydrogens (tertiary/aromatic N) is 1. The van der Waals surface area contributed by atoms with E-state index >= 15 is 0 Å². The van der Waals surface area contributed by atoms with Gasteiger partial charge in [0.1, 0.15) is 0 Å². The molecule has 0 radical (unpaired) electrons. The number of hydrogen-bond acceptors (Lipinski definition) is 3. The Hall–Kier alpha value is -2.43. The highest BCUT2D eigenvalue weighted by Gasteiger charge is 2.40. The van der Waals surface area contributed by atoms with Gasteiger partial charge in [-0.25, -0.2) is 4.79 Å². The molecule has 1 aliphatic heterocycles. The number of hydrogen-bond donors (Lipinski definition) is 2. The molecule has 1 unspecified atom stereocenters. The number of aromatic carboxylic acids is 1. The number of carbonyl (C=O) groups is 1. The minimum atomic E-state index is -0.864. The third-order valence-corrected chi connectivity index (χ3v) is 6.47. The maximum absolute atomic E-state index is 11.0. The Morgan fingerprint density at radius 3 is 2.43 bits per heavy atom. The van der Waals surface area contributed by atoms with Crippen molar-refractivity contribution in [2.24, 2.45) is 5.92 Å². The van der Waals surface area contributed by atoms with Gasteiger partial charge in [-0.3, -0.25) is 4.90 Å². The summed E-state index contributed by atoms with van der Waals surface area (Å²) in [6.45, 7) is 5.36. The number of likely N-dealkylation sites (tertiary alicyclic amines) is 1. The van der Waals surface area contributed by atoms with Gasteiger partial charge in [0.05, 0.1) is 5.56 Å². The van der Waals surface area contributed by atoms with E-state index in [0.29, 0.717) is 23.6 Å². The van der Waals surface area contributed by atoms with Crippen molar-refractivity contribution >= 4 is 12.0 Å².